The van der Waals surface area contributed by atoms with Gasteiger partial charge in [-0.15, -0.1) is 11.3 Å². The van der Waals surface area contributed by atoms with Crippen LogP contribution in [0.15, 0.2) is 48.8 Å². The molecule has 0 bridgehead atoms. The lowest BCUT2D eigenvalue weighted by Crippen LogP contribution is -2.43. The second-order valence-electron chi connectivity index (χ2n) is 10.9. The number of ether oxygens (including phenoxy) is 3. The van der Waals surface area contributed by atoms with Crippen LogP contribution in [0.2, 0.25) is 0 Å². The molecule has 0 radical (unpaired) electrons. The molecular weight excluding hydrogens is 609 g/mol. The number of amides is 1. The van der Waals surface area contributed by atoms with E-state index in [9.17, 15) is 18.0 Å². The van der Waals surface area contributed by atoms with Gasteiger partial charge in [-0.25, -0.2) is 4.98 Å². The number of piperazine rings is 1. The Hall–Kier alpha value is -3.69. The van der Waals surface area contributed by atoms with Crippen LogP contribution in [0, 0.1) is 0 Å². The molecule has 1 fully saturated rings. The fraction of sp³-hybridized carbons (Fsp3) is 0.419. The van der Waals surface area contributed by atoms with Gasteiger partial charge in [0.05, 0.1) is 29.8 Å². The third kappa shape index (κ3) is 7.94. The number of halogens is 3. The number of nitrogens with zero attached hydrogens (tertiary/aromatic N) is 4. The monoisotopic (exact) mass is 646 g/mol. The molecule has 1 unspecified atom stereocenters. The van der Waals surface area contributed by atoms with Crippen molar-refractivity contribution in [2.24, 2.45) is 11.5 Å². The van der Waals surface area contributed by atoms with E-state index in [1.165, 1.54) is 19.1 Å². The van der Waals surface area contributed by atoms with Gasteiger partial charge < -0.3 is 30.6 Å². The lowest BCUT2D eigenvalue weighted by Gasteiger charge is -2.32. The van der Waals surface area contributed by atoms with Crippen molar-refractivity contribution in [3.05, 3.63) is 70.4 Å². The molecule has 2 aromatic carbocycles. The first-order valence-electron chi connectivity index (χ1n) is 14.6. The summed E-state index contributed by atoms with van der Waals surface area (Å²) in [6.45, 7) is 7.21. The molecule has 0 aliphatic carbocycles. The van der Waals surface area contributed by atoms with Crippen molar-refractivity contribution in [2.75, 3.05) is 59.6 Å². The summed E-state index contributed by atoms with van der Waals surface area (Å²) in [5.74, 6) is -0.606. The molecule has 1 aliphatic rings. The maximum atomic E-state index is 14.1. The molecule has 1 atom stereocenters. The van der Waals surface area contributed by atoms with Crippen LogP contribution in [-0.2, 0) is 17.5 Å². The summed E-state index contributed by atoms with van der Waals surface area (Å²) in [7, 11) is 2.12. The largest absolute Gasteiger partial charge is 0.491 e. The van der Waals surface area contributed by atoms with Crippen molar-refractivity contribution >= 4 is 28.3 Å². The van der Waals surface area contributed by atoms with E-state index in [4.69, 9.17) is 25.7 Å². The number of rotatable bonds is 13. The predicted octanol–water partition coefficient (Wildman–Crippen LogP) is 4.45. The third-order valence-electron chi connectivity index (χ3n) is 7.59. The molecule has 10 nitrogen and oxygen atoms in total. The predicted molar refractivity (Wildman–Crippen MR) is 166 cm³/mol. The average Bonchev–Trinajstić information content (AvgIpc) is 3.61. The number of fused-ring (bicyclic) bond motifs is 1. The Balaban J connectivity index is 1.38. The first kappa shape index (κ1) is 32.7. The van der Waals surface area contributed by atoms with E-state index in [1.807, 2.05) is 10.6 Å². The summed E-state index contributed by atoms with van der Waals surface area (Å²) >= 11 is 1.09. The number of likely N-dealkylation sites (N-methyl/N-ethyl adjacent to an activating group) is 1. The average molecular weight is 647 g/mol. The number of primary amides is 1. The van der Waals surface area contributed by atoms with Gasteiger partial charge in [0.15, 0.2) is 0 Å². The molecule has 3 heterocycles. The maximum Gasteiger partial charge on any atom is 0.416 e. The smallest absolute Gasteiger partial charge is 0.416 e. The molecule has 45 heavy (non-hydrogen) atoms. The van der Waals surface area contributed by atoms with E-state index in [0.717, 1.165) is 66.7 Å². The number of hydrogen-bond donors (Lipinski definition) is 2. The summed E-state index contributed by atoms with van der Waals surface area (Å²) in [5, 5.41) is 0.599. The Labute approximate surface area is 263 Å². The van der Waals surface area contributed by atoms with Crippen LogP contribution in [0.1, 0.15) is 39.4 Å². The van der Waals surface area contributed by atoms with Crippen LogP contribution in [-0.4, -0.2) is 84.9 Å². The molecule has 14 heteroatoms. The Morgan fingerprint density at radius 2 is 1.84 bits per heavy atom. The van der Waals surface area contributed by atoms with E-state index in [2.05, 4.69) is 34.0 Å². The zero-order valence-corrected chi connectivity index (χ0v) is 26.0. The van der Waals surface area contributed by atoms with Crippen LogP contribution in [0.25, 0.3) is 16.0 Å². The molecular formula is C31H37F3N6O4S. The first-order valence-corrected chi connectivity index (χ1v) is 15.4. The van der Waals surface area contributed by atoms with Crippen LogP contribution in [0.3, 0.4) is 0 Å². The van der Waals surface area contributed by atoms with E-state index >= 15 is 0 Å². The van der Waals surface area contributed by atoms with Crippen molar-refractivity contribution in [3.63, 3.8) is 0 Å². The normalized spacial score (nSPS) is 15.4. The number of alkyl halides is 3. The molecule has 1 saturated heterocycles. The van der Waals surface area contributed by atoms with Crippen molar-refractivity contribution in [1.82, 2.24) is 19.4 Å². The van der Waals surface area contributed by atoms with E-state index in [0.29, 0.717) is 18.2 Å². The summed E-state index contributed by atoms with van der Waals surface area (Å²) in [4.78, 5) is 21.7. The first-order chi connectivity index (χ1) is 21.5. The number of imidazole rings is 1. The van der Waals surface area contributed by atoms with Crippen LogP contribution in [0.4, 0.5) is 13.2 Å². The second kappa shape index (κ2) is 14.2. The quantitative estimate of drug-likeness (QED) is 0.205. The summed E-state index contributed by atoms with van der Waals surface area (Å²) in [6.07, 6.45) is -4.10. The summed E-state index contributed by atoms with van der Waals surface area (Å²) in [5.41, 5.74) is 12.8. The molecule has 242 valence electrons. The Morgan fingerprint density at radius 1 is 1.07 bits per heavy atom. The van der Waals surface area contributed by atoms with Gasteiger partial charge in [0.1, 0.15) is 40.4 Å². The van der Waals surface area contributed by atoms with Crippen molar-refractivity contribution in [1.29, 1.82) is 0 Å². The van der Waals surface area contributed by atoms with Crippen molar-refractivity contribution in [3.8, 4) is 16.5 Å². The molecule has 4 N–H and O–H groups in total. The summed E-state index contributed by atoms with van der Waals surface area (Å²) < 4.78 is 60.9. The van der Waals surface area contributed by atoms with E-state index < -0.39 is 23.8 Å². The van der Waals surface area contributed by atoms with Gasteiger partial charge in [-0.1, -0.05) is 12.1 Å². The number of nitrogens with two attached hydrogens (primary N) is 2. The van der Waals surface area contributed by atoms with Crippen molar-refractivity contribution in [2.45, 2.75) is 25.7 Å². The number of thiophene rings is 1. The Morgan fingerprint density at radius 3 is 2.56 bits per heavy atom. The fourth-order valence-corrected chi connectivity index (χ4v) is 6.14. The number of benzene rings is 2. The zero-order valence-electron chi connectivity index (χ0n) is 25.2. The number of hydrogen-bond acceptors (Lipinski definition) is 9. The topological polar surface area (TPSA) is 121 Å². The van der Waals surface area contributed by atoms with Gasteiger partial charge in [-0.3, -0.25) is 14.3 Å². The Bertz CT molecular complexity index is 1620. The molecule has 1 amide bonds. The van der Waals surface area contributed by atoms with Crippen LogP contribution >= 0.6 is 11.3 Å². The molecule has 5 rings (SSSR count). The van der Waals surface area contributed by atoms with Crippen LogP contribution in [0.5, 0.6) is 11.5 Å². The lowest BCUT2D eigenvalue weighted by atomic mass is 10.0. The molecule has 1 aliphatic heterocycles. The highest BCUT2D eigenvalue weighted by Gasteiger charge is 2.36. The maximum absolute atomic E-state index is 14.1. The highest BCUT2D eigenvalue weighted by molar-refractivity contribution is 7.16. The van der Waals surface area contributed by atoms with Crippen molar-refractivity contribution < 1.29 is 32.2 Å². The Kier molecular flexibility index (Phi) is 10.3. The highest BCUT2D eigenvalue weighted by atomic mass is 32.1. The minimum absolute atomic E-state index is 0.0456. The minimum Gasteiger partial charge on any atom is -0.491 e. The third-order valence-corrected chi connectivity index (χ3v) is 8.72. The zero-order chi connectivity index (χ0) is 32.1. The van der Waals surface area contributed by atoms with Gasteiger partial charge in [0, 0.05) is 50.9 Å². The van der Waals surface area contributed by atoms with Crippen LogP contribution < -0.4 is 20.9 Å². The SMILES string of the molecule is CC(Oc1cc(-n2cnc3ccc(CN4CCN(C)CC4)cc32)sc1C(N)=O)c1ccc(OCCOCCN)cc1C(F)(F)F. The standard InChI is InChI=1S/C31H37F3N6O4S/c1-20(23-5-4-22(16-24(23)31(32,33)34)43-14-13-42-12-7-35)44-27-17-28(45-29(27)30(36)41)40-19-37-25-6-3-21(15-26(25)40)18-39-10-8-38(2)9-11-39/h3-6,15-17,19-20H,7-14,18,35H2,1-2H3,(H2,36,41). The molecule has 4 aromatic rings. The molecule has 0 spiro atoms. The number of carbonyl (C=O) groups is 1. The molecule has 2 aromatic heterocycles. The van der Waals surface area contributed by atoms with Gasteiger partial charge in [0.2, 0.25) is 0 Å². The fourth-order valence-electron chi connectivity index (χ4n) is 5.21. The van der Waals surface area contributed by atoms with Gasteiger partial charge >= 0.3 is 6.18 Å². The van der Waals surface area contributed by atoms with E-state index in [1.54, 1.807) is 12.4 Å². The van der Waals surface area contributed by atoms with Gasteiger partial charge in [-0.2, -0.15) is 13.2 Å². The van der Waals surface area contributed by atoms with Gasteiger partial charge in [-0.05, 0) is 43.8 Å². The second-order valence-corrected chi connectivity index (χ2v) is 11.9. The number of carbonyl (C=O) groups excluding carboxylic acids is 1. The van der Waals surface area contributed by atoms with Gasteiger partial charge in [0.25, 0.3) is 5.91 Å². The number of aromatic nitrogens is 2. The molecule has 0 saturated carbocycles. The summed E-state index contributed by atoms with van der Waals surface area (Å²) in [6, 6.07) is 11.4. The lowest BCUT2D eigenvalue weighted by molar-refractivity contribution is -0.139. The highest BCUT2D eigenvalue weighted by Crippen LogP contribution is 2.40. The van der Waals surface area contributed by atoms with E-state index in [-0.39, 0.29) is 35.2 Å². The minimum atomic E-state index is -4.67.